The zero-order valence-electron chi connectivity index (χ0n) is 10.9. The maximum absolute atomic E-state index is 12.4. The van der Waals surface area contributed by atoms with Crippen LogP contribution in [0.4, 0.5) is 19.0 Å². The highest BCUT2D eigenvalue weighted by atomic mass is 19.4. The van der Waals surface area contributed by atoms with Crippen LogP contribution >= 0.6 is 0 Å². The smallest absolute Gasteiger partial charge is 0.301 e. The summed E-state index contributed by atoms with van der Waals surface area (Å²) in [6.45, 7) is 4.17. The number of alkyl halides is 3. The van der Waals surface area contributed by atoms with E-state index in [-0.39, 0.29) is 0 Å². The van der Waals surface area contributed by atoms with Crippen molar-refractivity contribution in [3.63, 3.8) is 0 Å². The number of piperidine rings is 1. The minimum absolute atomic E-state index is 0.327. The van der Waals surface area contributed by atoms with Gasteiger partial charge in [0, 0.05) is 12.1 Å². The van der Waals surface area contributed by atoms with E-state index >= 15 is 0 Å². The second-order valence-electron chi connectivity index (χ2n) is 4.95. The van der Waals surface area contributed by atoms with Crippen molar-refractivity contribution in [3.8, 4) is 0 Å². The third-order valence-corrected chi connectivity index (χ3v) is 3.39. The van der Waals surface area contributed by atoms with Crippen molar-refractivity contribution in [2.24, 2.45) is 0 Å². The van der Waals surface area contributed by atoms with Gasteiger partial charge in [-0.1, -0.05) is 6.42 Å². The summed E-state index contributed by atoms with van der Waals surface area (Å²) >= 11 is 0. The third-order valence-electron chi connectivity index (χ3n) is 3.39. The van der Waals surface area contributed by atoms with E-state index in [4.69, 9.17) is 0 Å². The SMILES string of the molecule is CC1CCCC(C)N1Nc1ccc(C(F)(F)F)nn1. The van der Waals surface area contributed by atoms with Crippen LogP contribution in [0.2, 0.25) is 0 Å². The van der Waals surface area contributed by atoms with Gasteiger partial charge < -0.3 is 5.43 Å². The van der Waals surface area contributed by atoms with Crippen LogP contribution in [-0.4, -0.2) is 27.3 Å². The number of aromatic nitrogens is 2. The molecule has 2 rings (SSSR count). The van der Waals surface area contributed by atoms with Gasteiger partial charge in [-0.05, 0) is 38.8 Å². The summed E-state index contributed by atoms with van der Waals surface area (Å²) in [5.41, 5.74) is 2.08. The number of anilines is 1. The highest BCUT2D eigenvalue weighted by Crippen LogP contribution is 2.27. The molecule has 0 radical (unpaired) electrons. The predicted octanol–water partition coefficient (Wildman–Crippen LogP) is 3.09. The topological polar surface area (TPSA) is 41.0 Å². The molecule has 0 bridgehead atoms. The molecule has 0 aromatic carbocycles. The van der Waals surface area contributed by atoms with E-state index in [1.165, 1.54) is 12.5 Å². The zero-order valence-corrected chi connectivity index (χ0v) is 10.9. The van der Waals surface area contributed by atoms with Gasteiger partial charge in [-0.2, -0.15) is 13.2 Å². The molecule has 1 saturated heterocycles. The van der Waals surface area contributed by atoms with Crippen molar-refractivity contribution in [3.05, 3.63) is 17.8 Å². The number of halogens is 3. The molecule has 2 atom stereocenters. The van der Waals surface area contributed by atoms with Gasteiger partial charge in [-0.25, -0.2) is 5.01 Å². The van der Waals surface area contributed by atoms with Crippen molar-refractivity contribution in [1.29, 1.82) is 0 Å². The molecule has 0 amide bonds. The molecule has 0 aliphatic carbocycles. The van der Waals surface area contributed by atoms with Gasteiger partial charge in [0.15, 0.2) is 11.5 Å². The first-order valence-corrected chi connectivity index (χ1v) is 6.34. The summed E-state index contributed by atoms with van der Waals surface area (Å²) in [6.07, 6.45) is -1.16. The second-order valence-corrected chi connectivity index (χ2v) is 4.95. The first-order valence-electron chi connectivity index (χ1n) is 6.34. The van der Waals surface area contributed by atoms with Gasteiger partial charge in [-0.3, -0.25) is 0 Å². The summed E-state index contributed by atoms with van der Waals surface area (Å²) < 4.78 is 37.1. The number of nitrogens with zero attached hydrogens (tertiary/aromatic N) is 3. The van der Waals surface area contributed by atoms with Crippen LogP contribution in [0.15, 0.2) is 12.1 Å². The Kier molecular flexibility index (Phi) is 3.93. The van der Waals surface area contributed by atoms with Crippen LogP contribution in [0.25, 0.3) is 0 Å². The van der Waals surface area contributed by atoms with Crippen LogP contribution < -0.4 is 5.43 Å². The molecule has 0 spiro atoms. The van der Waals surface area contributed by atoms with Crippen LogP contribution in [0, 0.1) is 0 Å². The summed E-state index contributed by atoms with van der Waals surface area (Å²) in [4.78, 5) is 0. The molecule has 4 nitrogen and oxygen atoms in total. The van der Waals surface area contributed by atoms with Gasteiger partial charge in [-0.15, -0.1) is 10.2 Å². The molecule has 1 aromatic rings. The van der Waals surface area contributed by atoms with Crippen molar-refractivity contribution in [1.82, 2.24) is 15.2 Å². The Labute approximate surface area is 110 Å². The van der Waals surface area contributed by atoms with Crippen molar-refractivity contribution >= 4 is 5.82 Å². The van der Waals surface area contributed by atoms with Gasteiger partial charge in [0.1, 0.15) is 0 Å². The third kappa shape index (κ3) is 3.34. The molecule has 7 heteroatoms. The van der Waals surface area contributed by atoms with Crippen molar-refractivity contribution in [2.45, 2.75) is 51.4 Å². The number of hydrazine groups is 1. The van der Waals surface area contributed by atoms with Crippen LogP contribution in [0.5, 0.6) is 0 Å². The molecule has 2 heterocycles. The molecule has 1 aliphatic heterocycles. The van der Waals surface area contributed by atoms with Gasteiger partial charge >= 0.3 is 6.18 Å². The Morgan fingerprint density at radius 3 is 2.26 bits per heavy atom. The maximum Gasteiger partial charge on any atom is 0.435 e. The number of hydrogen-bond acceptors (Lipinski definition) is 4. The van der Waals surface area contributed by atoms with Crippen molar-refractivity contribution in [2.75, 3.05) is 5.43 Å². The van der Waals surface area contributed by atoms with E-state index in [2.05, 4.69) is 29.5 Å². The molecule has 0 saturated carbocycles. The Morgan fingerprint density at radius 2 is 1.79 bits per heavy atom. The molecule has 19 heavy (non-hydrogen) atoms. The lowest BCUT2D eigenvalue weighted by Gasteiger charge is -2.38. The fourth-order valence-electron chi connectivity index (χ4n) is 2.32. The van der Waals surface area contributed by atoms with Gasteiger partial charge in [0.25, 0.3) is 0 Å². The van der Waals surface area contributed by atoms with Crippen LogP contribution in [0.1, 0.15) is 38.8 Å². The van der Waals surface area contributed by atoms with E-state index in [0.29, 0.717) is 17.9 Å². The molecule has 1 N–H and O–H groups in total. The molecule has 1 aromatic heterocycles. The Balaban J connectivity index is 2.07. The normalized spacial score (nSPS) is 25.3. The number of hydrogen-bond donors (Lipinski definition) is 1. The minimum Gasteiger partial charge on any atom is -0.301 e. The lowest BCUT2D eigenvalue weighted by Crippen LogP contribution is -2.47. The van der Waals surface area contributed by atoms with Gasteiger partial charge in [0.2, 0.25) is 0 Å². The second kappa shape index (κ2) is 5.32. The first-order chi connectivity index (χ1) is 8.88. The van der Waals surface area contributed by atoms with Crippen LogP contribution in [-0.2, 0) is 6.18 Å². The Hall–Kier alpha value is -1.37. The summed E-state index contributed by atoms with van der Waals surface area (Å²) in [5, 5.41) is 8.82. The molecule has 2 unspecified atom stereocenters. The minimum atomic E-state index is -4.45. The molecular weight excluding hydrogens is 257 g/mol. The average molecular weight is 274 g/mol. The zero-order chi connectivity index (χ0) is 14.0. The van der Waals surface area contributed by atoms with Crippen LogP contribution in [0.3, 0.4) is 0 Å². The monoisotopic (exact) mass is 274 g/mol. The number of nitrogens with one attached hydrogen (secondary N) is 1. The molecular formula is C12H17F3N4. The van der Waals surface area contributed by atoms with Gasteiger partial charge in [0.05, 0.1) is 0 Å². The predicted molar refractivity (Wildman–Crippen MR) is 65.3 cm³/mol. The van der Waals surface area contributed by atoms with Crippen molar-refractivity contribution < 1.29 is 13.2 Å². The summed E-state index contributed by atoms with van der Waals surface area (Å²) in [6, 6.07) is 2.90. The maximum atomic E-state index is 12.4. The molecule has 1 fully saturated rings. The average Bonchev–Trinajstić information content (AvgIpc) is 2.33. The Morgan fingerprint density at radius 1 is 1.16 bits per heavy atom. The van der Waals surface area contributed by atoms with E-state index < -0.39 is 11.9 Å². The largest absolute Gasteiger partial charge is 0.435 e. The van der Waals surface area contributed by atoms with E-state index in [1.54, 1.807) is 0 Å². The van der Waals surface area contributed by atoms with E-state index in [9.17, 15) is 13.2 Å². The highest BCUT2D eigenvalue weighted by molar-refractivity contribution is 5.32. The summed E-state index contributed by atoms with van der Waals surface area (Å²) in [5.74, 6) is 0.341. The van der Waals surface area contributed by atoms with E-state index in [1.807, 2.05) is 5.01 Å². The van der Waals surface area contributed by atoms with E-state index in [0.717, 1.165) is 18.9 Å². The quantitative estimate of drug-likeness (QED) is 0.899. The number of rotatable bonds is 2. The lowest BCUT2D eigenvalue weighted by molar-refractivity contribution is -0.141. The molecule has 1 aliphatic rings. The fraction of sp³-hybridized carbons (Fsp3) is 0.667. The molecule has 106 valence electrons. The lowest BCUT2D eigenvalue weighted by atomic mass is 10.00. The first kappa shape index (κ1) is 14.0. The Bertz CT molecular complexity index is 408. The standard InChI is InChI=1S/C12H17F3N4/c1-8-4-3-5-9(2)19(8)18-11-7-6-10(16-17-11)12(13,14)15/h6-9H,3-5H2,1-2H3,(H,17,18). The highest BCUT2D eigenvalue weighted by Gasteiger charge is 2.33. The summed E-state index contributed by atoms with van der Waals surface area (Å²) in [7, 11) is 0. The fourth-order valence-corrected chi connectivity index (χ4v) is 2.32.